The second kappa shape index (κ2) is 9.72. The molecular weight excluding hydrogens is 366 g/mol. The predicted molar refractivity (Wildman–Crippen MR) is 106 cm³/mol. The summed E-state index contributed by atoms with van der Waals surface area (Å²) in [7, 11) is 0. The number of thiophene rings is 1. The van der Waals surface area contributed by atoms with Crippen molar-refractivity contribution < 1.29 is 19.1 Å². The second-order valence-corrected chi connectivity index (χ2v) is 6.81. The summed E-state index contributed by atoms with van der Waals surface area (Å²) in [6.07, 6.45) is 0.974. The molecule has 7 nitrogen and oxygen atoms in total. The van der Waals surface area contributed by atoms with Gasteiger partial charge in [-0.3, -0.25) is 9.59 Å². The normalized spacial score (nSPS) is 11.5. The van der Waals surface area contributed by atoms with E-state index in [0.29, 0.717) is 16.3 Å². The van der Waals surface area contributed by atoms with Crippen molar-refractivity contribution in [2.24, 2.45) is 5.73 Å². The maximum absolute atomic E-state index is 12.5. The molecule has 0 aliphatic heterocycles. The molecule has 4 N–H and O–H groups in total. The van der Waals surface area contributed by atoms with Gasteiger partial charge in [0.1, 0.15) is 5.00 Å². The number of anilines is 2. The van der Waals surface area contributed by atoms with Crippen LogP contribution in [0.15, 0.2) is 35.7 Å². The van der Waals surface area contributed by atoms with E-state index in [0.717, 1.165) is 19.4 Å². The number of amides is 2. The van der Waals surface area contributed by atoms with Gasteiger partial charge in [0.05, 0.1) is 11.1 Å². The number of carbonyl (C=O) groups is 3. The Bertz CT molecular complexity index is 819. The Kier molecular flexibility index (Phi) is 7.36. The number of unbranched alkanes of at least 4 members (excludes halogenated alkanes) is 1. The quantitative estimate of drug-likeness (QED) is 0.450. The van der Waals surface area contributed by atoms with Gasteiger partial charge in [-0.15, -0.1) is 11.3 Å². The zero-order valence-electron chi connectivity index (χ0n) is 15.3. The Morgan fingerprint density at radius 3 is 2.63 bits per heavy atom. The van der Waals surface area contributed by atoms with Crippen LogP contribution < -0.4 is 16.4 Å². The fourth-order valence-corrected chi connectivity index (χ4v) is 3.10. The van der Waals surface area contributed by atoms with E-state index in [1.54, 1.807) is 23.6 Å². The van der Waals surface area contributed by atoms with Crippen LogP contribution >= 0.6 is 11.3 Å². The molecule has 144 valence electrons. The van der Waals surface area contributed by atoms with E-state index >= 15 is 0 Å². The van der Waals surface area contributed by atoms with Crippen LogP contribution in [0.1, 0.15) is 47.4 Å². The molecule has 0 saturated heterocycles. The summed E-state index contributed by atoms with van der Waals surface area (Å²) in [6.45, 7) is 4.29. The van der Waals surface area contributed by atoms with Crippen molar-refractivity contribution in [3.8, 4) is 0 Å². The first kappa shape index (κ1) is 20.4. The number of hydrogen-bond acceptors (Lipinski definition) is 6. The molecule has 2 rings (SSSR count). The van der Waals surface area contributed by atoms with Gasteiger partial charge in [-0.05, 0) is 36.9 Å². The molecule has 0 spiro atoms. The average molecular weight is 389 g/mol. The third-order valence-corrected chi connectivity index (χ3v) is 4.64. The summed E-state index contributed by atoms with van der Waals surface area (Å²) in [6, 6.07) is 8.52. The van der Waals surface area contributed by atoms with E-state index in [-0.39, 0.29) is 5.56 Å². The van der Waals surface area contributed by atoms with Crippen LogP contribution in [0, 0.1) is 0 Å². The second-order valence-electron chi connectivity index (χ2n) is 5.89. The van der Waals surface area contributed by atoms with Gasteiger partial charge in [0.25, 0.3) is 11.8 Å². The molecule has 1 unspecified atom stereocenters. The van der Waals surface area contributed by atoms with Crippen LogP contribution in [-0.4, -0.2) is 30.4 Å². The van der Waals surface area contributed by atoms with E-state index < -0.39 is 23.9 Å². The van der Waals surface area contributed by atoms with Crippen molar-refractivity contribution in [1.29, 1.82) is 0 Å². The van der Waals surface area contributed by atoms with Crippen molar-refractivity contribution in [2.75, 3.05) is 17.2 Å². The lowest BCUT2D eigenvalue weighted by atomic mass is 10.1. The molecule has 1 atom stereocenters. The fraction of sp³-hybridized carbons (Fsp3) is 0.316. The molecule has 2 amide bonds. The molecular formula is C19H23N3O4S. The SMILES string of the molecule is CCCCNc1ccccc1C(=O)OC(C)C(=O)Nc1sccc1C(N)=O. The van der Waals surface area contributed by atoms with Gasteiger partial charge >= 0.3 is 5.97 Å². The monoisotopic (exact) mass is 389 g/mol. The van der Waals surface area contributed by atoms with Gasteiger partial charge in [0.2, 0.25) is 0 Å². The van der Waals surface area contributed by atoms with Crippen LogP contribution in [0.2, 0.25) is 0 Å². The number of nitrogens with one attached hydrogen (secondary N) is 2. The number of hydrogen-bond donors (Lipinski definition) is 3. The minimum absolute atomic E-state index is 0.220. The standard InChI is InChI=1S/C19H23N3O4S/c1-3-4-10-21-15-8-6-5-7-13(15)19(25)26-12(2)17(24)22-18-14(16(20)23)9-11-27-18/h5-9,11-12,21H,3-4,10H2,1-2H3,(H2,20,23)(H,22,24). The molecule has 0 aliphatic rings. The van der Waals surface area contributed by atoms with Crippen LogP contribution in [0.25, 0.3) is 0 Å². The van der Waals surface area contributed by atoms with Crippen LogP contribution in [0.3, 0.4) is 0 Å². The Hall–Kier alpha value is -2.87. The molecule has 0 saturated carbocycles. The van der Waals surface area contributed by atoms with Crippen LogP contribution in [0.5, 0.6) is 0 Å². The minimum atomic E-state index is -1.04. The third kappa shape index (κ3) is 5.55. The smallest absolute Gasteiger partial charge is 0.341 e. The number of nitrogens with two attached hydrogens (primary N) is 1. The molecule has 1 aromatic carbocycles. The first-order valence-corrected chi connectivity index (χ1v) is 9.54. The molecule has 1 aromatic heterocycles. The number of para-hydroxylation sites is 1. The highest BCUT2D eigenvalue weighted by molar-refractivity contribution is 7.14. The molecule has 2 aromatic rings. The van der Waals surface area contributed by atoms with E-state index in [2.05, 4.69) is 17.6 Å². The highest BCUT2D eigenvalue weighted by Crippen LogP contribution is 2.23. The van der Waals surface area contributed by atoms with E-state index in [1.807, 2.05) is 6.07 Å². The van der Waals surface area contributed by atoms with Crippen LogP contribution in [-0.2, 0) is 9.53 Å². The van der Waals surface area contributed by atoms with E-state index in [4.69, 9.17) is 10.5 Å². The lowest BCUT2D eigenvalue weighted by Crippen LogP contribution is -2.30. The molecule has 0 aliphatic carbocycles. The zero-order valence-corrected chi connectivity index (χ0v) is 16.1. The fourth-order valence-electron chi connectivity index (χ4n) is 2.31. The minimum Gasteiger partial charge on any atom is -0.449 e. The molecule has 0 bridgehead atoms. The van der Waals surface area contributed by atoms with Crippen molar-refractivity contribution in [3.63, 3.8) is 0 Å². The lowest BCUT2D eigenvalue weighted by Gasteiger charge is -2.15. The highest BCUT2D eigenvalue weighted by atomic mass is 32.1. The first-order chi connectivity index (χ1) is 12.9. The zero-order chi connectivity index (χ0) is 19.8. The summed E-state index contributed by atoms with van der Waals surface area (Å²) in [5, 5.41) is 7.75. The predicted octanol–water partition coefficient (Wildman–Crippen LogP) is 3.24. The third-order valence-electron chi connectivity index (χ3n) is 3.81. The molecule has 0 radical (unpaired) electrons. The Labute approximate surface area is 161 Å². The number of ether oxygens (including phenoxy) is 1. The summed E-state index contributed by atoms with van der Waals surface area (Å²) in [4.78, 5) is 36.1. The number of esters is 1. The molecule has 1 heterocycles. The number of benzene rings is 1. The first-order valence-electron chi connectivity index (χ1n) is 8.66. The lowest BCUT2D eigenvalue weighted by molar-refractivity contribution is -0.123. The van der Waals surface area contributed by atoms with Gasteiger partial charge < -0.3 is 21.1 Å². The average Bonchev–Trinajstić information content (AvgIpc) is 3.10. The summed E-state index contributed by atoms with van der Waals surface area (Å²) in [5.41, 5.74) is 6.51. The van der Waals surface area contributed by atoms with Gasteiger partial charge in [0.15, 0.2) is 6.10 Å². The number of carbonyl (C=O) groups excluding carboxylic acids is 3. The molecule has 27 heavy (non-hydrogen) atoms. The van der Waals surface area contributed by atoms with Crippen LogP contribution in [0.4, 0.5) is 10.7 Å². The molecule has 8 heteroatoms. The van der Waals surface area contributed by atoms with Gasteiger partial charge in [-0.25, -0.2) is 4.79 Å². The van der Waals surface area contributed by atoms with Gasteiger partial charge in [-0.1, -0.05) is 25.5 Å². The Balaban J connectivity index is 2.01. The number of primary amides is 1. The summed E-state index contributed by atoms with van der Waals surface area (Å²) in [5.74, 6) is -1.77. The number of rotatable bonds is 9. The Morgan fingerprint density at radius 2 is 1.93 bits per heavy atom. The summed E-state index contributed by atoms with van der Waals surface area (Å²) >= 11 is 1.17. The topological polar surface area (TPSA) is 111 Å². The van der Waals surface area contributed by atoms with Crippen molar-refractivity contribution in [3.05, 3.63) is 46.8 Å². The summed E-state index contributed by atoms with van der Waals surface area (Å²) < 4.78 is 5.29. The van der Waals surface area contributed by atoms with E-state index in [9.17, 15) is 14.4 Å². The van der Waals surface area contributed by atoms with Crippen molar-refractivity contribution >= 4 is 39.8 Å². The molecule has 0 fully saturated rings. The van der Waals surface area contributed by atoms with Gasteiger partial charge in [-0.2, -0.15) is 0 Å². The van der Waals surface area contributed by atoms with Crippen molar-refractivity contribution in [2.45, 2.75) is 32.8 Å². The highest BCUT2D eigenvalue weighted by Gasteiger charge is 2.22. The Morgan fingerprint density at radius 1 is 1.19 bits per heavy atom. The maximum Gasteiger partial charge on any atom is 0.341 e. The van der Waals surface area contributed by atoms with E-state index in [1.165, 1.54) is 24.3 Å². The largest absolute Gasteiger partial charge is 0.449 e. The van der Waals surface area contributed by atoms with Gasteiger partial charge in [0, 0.05) is 12.2 Å². The van der Waals surface area contributed by atoms with Crippen molar-refractivity contribution in [1.82, 2.24) is 0 Å². The maximum atomic E-state index is 12.5.